The fourth-order valence-electron chi connectivity index (χ4n) is 1.62. The molecule has 0 radical (unpaired) electrons. The lowest BCUT2D eigenvalue weighted by Crippen LogP contribution is -2.19. The Morgan fingerprint density at radius 3 is 1.82 bits per heavy atom. The van der Waals surface area contributed by atoms with Gasteiger partial charge in [-0.1, -0.05) is 26.8 Å². The molecule has 0 aliphatic rings. The van der Waals surface area contributed by atoms with E-state index in [0.717, 1.165) is 11.1 Å². The average Bonchev–Trinajstić information content (AvgIpc) is 2.14. The van der Waals surface area contributed by atoms with Crippen LogP contribution in [0.4, 0.5) is 0 Å². The van der Waals surface area contributed by atoms with Crippen LogP contribution in [0.15, 0.2) is 18.2 Å². The smallest absolute Gasteiger partial charge is 0.159 e. The minimum atomic E-state index is -0.925. The summed E-state index contributed by atoms with van der Waals surface area (Å²) in [6.45, 7) is 11.3. The molecule has 94 valence electrons. The van der Waals surface area contributed by atoms with Gasteiger partial charge in [0.05, 0.1) is 5.60 Å². The van der Waals surface area contributed by atoms with Crippen LogP contribution in [0.5, 0.6) is 0 Å². The maximum Gasteiger partial charge on any atom is 0.159 e. The number of carbonyl (C=O) groups is 1. The Balaban J connectivity index is 3.45. The molecule has 1 aromatic carbocycles. The number of hydrogen-bond acceptors (Lipinski definition) is 2. The summed E-state index contributed by atoms with van der Waals surface area (Å²) in [6.07, 6.45) is 0. The van der Waals surface area contributed by atoms with Crippen LogP contribution in [0.3, 0.4) is 0 Å². The summed E-state index contributed by atoms with van der Waals surface area (Å²) in [5.41, 5.74) is 1.56. The van der Waals surface area contributed by atoms with Gasteiger partial charge in [-0.3, -0.25) is 4.79 Å². The lowest BCUT2D eigenvalue weighted by Gasteiger charge is -2.25. The van der Waals surface area contributed by atoms with Crippen molar-refractivity contribution < 1.29 is 9.90 Å². The summed E-state index contributed by atoms with van der Waals surface area (Å²) in [7, 11) is 0. The first-order chi connectivity index (χ1) is 7.51. The predicted octanol–water partition coefficient (Wildman–Crippen LogP) is 3.41. The molecule has 0 aromatic heterocycles. The van der Waals surface area contributed by atoms with Gasteiger partial charge in [-0.05, 0) is 49.4 Å². The van der Waals surface area contributed by atoms with Crippen molar-refractivity contribution in [3.63, 3.8) is 0 Å². The van der Waals surface area contributed by atoms with Crippen LogP contribution in [0, 0.1) is 0 Å². The van der Waals surface area contributed by atoms with E-state index in [2.05, 4.69) is 20.8 Å². The highest BCUT2D eigenvalue weighted by molar-refractivity contribution is 5.94. The van der Waals surface area contributed by atoms with Crippen LogP contribution in [0.1, 0.15) is 63.0 Å². The molecular weight excluding hydrogens is 212 g/mol. The molecule has 0 saturated carbocycles. The van der Waals surface area contributed by atoms with E-state index in [0.29, 0.717) is 5.56 Å². The third-order valence-corrected chi connectivity index (χ3v) is 2.91. The maximum atomic E-state index is 11.5. The Kier molecular flexibility index (Phi) is 3.49. The number of rotatable bonds is 2. The van der Waals surface area contributed by atoms with Crippen LogP contribution >= 0.6 is 0 Å². The van der Waals surface area contributed by atoms with Gasteiger partial charge in [-0.15, -0.1) is 0 Å². The molecular formula is C15H22O2. The van der Waals surface area contributed by atoms with Gasteiger partial charge >= 0.3 is 0 Å². The Hall–Kier alpha value is -1.15. The molecule has 0 fully saturated rings. The molecule has 0 unspecified atom stereocenters. The number of benzene rings is 1. The topological polar surface area (TPSA) is 37.3 Å². The minimum Gasteiger partial charge on any atom is -0.386 e. The largest absolute Gasteiger partial charge is 0.386 e. The minimum absolute atomic E-state index is 0.0293. The second kappa shape index (κ2) is 4.26. The first kappa shape index (κ1) is 13.9. The summed E-state index contributed by atoms with van der Waals surface area (Å²) in [6, 6.07) is 5.67. The van der Waals surface area contributed by atoms with Crippen molar-refractivity contribution in [3.05, 3.63) is 34.9 Å². The molecule has 1 rings (SSSR count). The molecule has 1 aromatic rings. The zero-order valence-electron chi connectivity index (χ0n) is 11.6. The molecule has 0 aliphatic carbocycles. The van der Waals surface area contributed by atoms with Crippen molar-refractivity contribution in [1.82, 2.24) is 0 Å². The van der Waals surface area contributed by atoms with Gasteiger partial charge in [0.1, 0.15) is 0 Å². The molecule has 0 saturated heterocycles. The normalized spacial score (nSPS) is 12.6. The van der Waals surface area contributed by atoms with Gasteiger partial charge in [-0.25, -0.2) is 0 Å². The van der Waals surface area contributed by atoms with Crippen molar-refractivity contribution in [2.45, 2.75) is 52.6 Å². The van der Waals surface area contributed by atoms with Crippen molar-refractivity contribution in [1.29, 1.82) is 0 Å². The fraction of sp³-hybridized carbons (Fsp3) is 0.533. The van der Waals surface area contributed by atoms with E-state index >= 15 is 0 Å². The van der Waals surface area contributed by atoms with Crippen LogP contribution in [-0.2, 0) is 11.0 Å². The maximum absolute atomic E-state index is 11.5. The standard InChI is InChI=1S/C15H22O2/c1-10(16)11-7-12(14(2,3)4)9-13(8-11)15(5,6)17/h7-9,17H,1-6H3. The number of aliphatic hydroxyl groups is 1. The number of Topliss-reactive ketones (excluding diaryl/α,β-unsaturated/α-hetero) is 1. The third-order valence-electron chi connectivity index (χ3n) is 2.91. The molecule has 0 heterocycles. The summed E-state index contributed by atoms with van der Waals surface area (Å²) in [5.74, 6) is 0.0293. The highest BCUT2D eigenvalue weighted by Crippen LogP contribution is 2.29. The zero-order chi connectivity index (χ0) is 13.4. The van der Waals surface area contributed by atoms with E-state index in [4.69, 9.17) is 0 Å². The number of carbonyl (C=O) groups excluding carboxylic acids is 1. The first-order valence-electron chi connectivity index (χ1n) is 5.91. The van der Waals surface area contributed by atoms with E-state index in [9.17, 15) is 9.90 Å². The third kappa shape index (κ3) is 3.40. The second-order valence-corrected chi connectivity index (χ2v) is 6.16. The van der Waals surface area contributed by atoms with E-state index in [-0.39, 0.29) is 11.2 Å². The Bertz CT molecular complexity index is 399. The highest BCUT2D eigenvalue weighted by atomic mass is 16.3. The van der Waals surface area contributed by atoms with Gasteiger partial charge in [0.2, 0.25) is 0 Å². The summed E-state index contributed by atoms with van der Waals surface area (Å²) >= 11 is 0. The Morgan fingerprint density at radius 2 is 1.47 bits per heavy atom. The Labute approximate surface area is 104 Å². The predicted molar refractivity (Wildman–Crippen MR) is 70.4 cm³/mol. The number of hydrogen-bond donors (Lipinski definition) is 1. The van der Waals surface area contributed by atoms with Gasteiger partial charge in [0, 0.05) is 5.56 Å². The van der Waals surface area contributed by atoms with E-state index < -0.39 is 5.60 Å². The quantitative estimate of drug-likeness (QED) is 0.796. The van der Waals surface area contributed by atoms with Crippen LogP contribution in [0.2, 0.25) is 0 Å². The molecule has 0 aliphatic heterocycles. The molecule has 1 N–H and O–H groups in total. The molecule has 2 heteroatoms. The summed E-state index contributed by atoms with van der Waals surface area (Å²) in [4.78, 5) is 11.5. The molecule has 0 amide bonds. The van der Waals surface area contributed by atoms with Crippen molar-refractivity contribution in [2.24, 2.45) is 0 Å². The zero-order valence-corrected chi connectivity index (χ0v) is 11.6. The van der Waals surface area contributed by atoms with Crippen molar-refractivity contribution in [2.75, 3.05) is 0 Å². The van der Waals surface area contributed by atoms with Crippen molar-refractivity contribution >= 4 is 5.78 Å². The summed E-state index contributed by atoms with van der Waals surface area (Å²) < 4.78 is 0. The van der Waals surface area contributed by atoms with Gasteiger partial charge < -0.3 is 5.11 Å². The first-order valence-corrected chi connectivity index (χ1v) is 5.91. The molecule has 2 nitrogen and oxygen atoms in total. The van der Waals surface area contributed by atoms with Gasteiger partial charge in [0.25, 0.3) is 0 Å². The van der Waals surface area contributed by atoms with E-state index in [1.807, 2.05) is 12.1 Å². The van der Waals surface area contributed by atoms with Gasteiger partial charge in [-0.2, -0.15) is 0 Å². The van der Waals surface area contributed by atoms with Crippen LogP contribution in [-0.4, -0.2) is 10.9 Å². The molecule has 0 spiro atoms. The fourth-order valence-corrected chi connectivity index (χ4v) is 1.62. The lowest BCUT2D eigenvalue weighted by molar-refractivity contribution is 0.0783. The SMILES string of the molecule is CC(=O)c1cc(C(C)(C)C)cc(C(C)(C)O)c1. The molecule has 17 heavy (non-hydrogen) atoms. The molecule has 0 atom stereocenters. The van der Waals surface area contributed by atoms with Crippen molar-refractivity contribution in [3.8, 4) is 0 Å². The summed E-state index contributed by atoms with van der Waals surface area (Å²) in [5, 5.41) is 10.1. The Morgan fingerprint density at radius 1 is 1.00 bits per heavy atom. The average molecular weight is 234 g/mol. The number of ketones is 1. The van der Waals surface area contributed by atoms with E-state index in [1.54, 1.807) is 26.8 Å². The van der Waals surface area contributed by atoms with E-state index in [1.165, 1.54) is 0 Å². The monoisotopic (exact) mass is 234 g/mol. The van der Waals surface area contributed by atoms with Crippen LogP contribution < -0.4 is 0 Å². The highest BCUT2D eigenvalue weighted by Gasteiger charge is 2.22. The molecule has 0 bridgehead atoms. The second-order valence-electron chi connectivity index (χ2n) is 6.16. The van der Waals surface area contributed by atoms with Gasteiger partial charge in [0.15, 0.2) is 5.78 Å². The lowest BCUT2D eigenvalue weighted by atomic mass is 9.82. The van der Waals surface area contributed by atoms with Crippen LogP contribution in [0.25, 0.3) is 0 Å².